The average molecular weight is 228 g/mol. The third kappa shape index (κ3) is 3.84. The summed E-state index contributed by atoms with van der Waals surface area (Å²) in [5.41, 5.74) is 0.0542. The highest BCUT2D eigenvalue weighted by molar-refractivity contribution is 5.89. The number of para-hydroxylation sites is 1. The molecule has 0 saturated carbocycles. The van der Waals surface area contributed by atoms with E-state index in [-0.39, 0.29) is 12.2 Å². The molecule has 1 atom stereocenters. The molecule has 0 aromatic heterocycles. The highest BCUT2D eigenvalue weighted by atomic mass is 19.1. The maximum atomic E-state index is 13.1. The van der Waals surface area contributed by atoms with E-state index in [0.29, 0.717) is 0 Å². The number of nitrogens with one attached hydrogen (secondary N) is 2. The lowest BCUT2D eigenvalue weighted by Crippen LogP contribution is -2.36. The fourth-order valence-corrected chi connectivity index (χ4v) is 1.00. The Morgan fingerprint density at radius 2 is 2.12 bits per heavy atom. The first kappa shape index (κ1) is 12.4. The van der Waals surface area contributed by atoms with Gasteiger partial charge in [0.2, 0.25) is 0 Å². The van der Waals surface area contributed by atoms with Gasteiger partial charge in [0.05, 0.1) is 18.4 Å². The molecule has 1 rings (SSSR count). The van der Waals surface area contributed by atoms with Crippen LogP contribution in [0.5, 0.6) is 0 Å². The minimum Gasteiger partial charge on any atom is -0.394 e. The van der Waals surface area contributed by atoms with E-state index in [9.17, 15) is 9.18 Å². The molecule has 88 valence electrons. The zero-order valence-electron chi connectivity index (χ0n) is 8.48. The molecule has 2 amide bonds. The van der Waals surface area contributed by atoms with Gasteiger partial charge < -0.3 is 20.8 Å². The molecule has 1 aromatic rings. The van der Waals surface area contributed by atoms with Crippen LogP contribution in [0.4, 0.5) is 14.9 Å². The molecule has 6 heteroatoms. The van der Waals surface area contributed by atoms with Gasteiger partial charge in [-0.1, -0.05) is 12.1 Å². The van der Waals surface area contributed by atoms with Crippen LogP contribution in [0.3, 0.4) is 0 Å². The van der Waals surface area contributed by atoms with E-state index in [4.69, 9.17) is 10.2 Å². The van der Waals surface area contributed by atoms with Gasteiger partial charge in [0.25, 0.3) is 0 Å². The van der Waals surface area contributed by atoms with E-state index < -0.39 is 24.6 Å². The molecule has 1 aromatic carbocycles. The minimum atomic E-state index is -1.02. The van der Waals surface area contributed by atoms with Crippen molar-refractivity contribution < 1.29 is 19.4 Å². The Morgan fingerprint density at radius 1 is 1.44 bits per heavy atom. The molecule has 4 N–H and O–H groups in total. The van der Waals surface area contributed by atoms with E-state index in [1.807, 2.05) is 0 Å². The summed E-state index contributed by atoms with van der Waals surface area (Å²) in [6, 6.07) is 5.09. The average Bonchev–Trinajstić information content (AvgIpc) is 2.29. The van der Waals surface area contributed by atoms with Crippen LogP contribution >= 0.6 is 0 Å². The van der Waals surface area contributed by atoms with Gasteiger partial charge in [-0.05, 0) is 12.1 Å². The lowest BCUT2D eigenvalue weighted by atomic mass is 10.3. The Hall–Kier alpha value is -1.66. The van der Waals surface area contributed by atoms with Gasteiger partial charge in [-0.3, -0.25) is 0 Å². The van der Waals surface area contributed by atoms with E-state index in [0.717, 1.165) is 0 Å². The number of aliphatic hydroxyl groups excluding tert-OH is 2. The Balaban J connectivity index is 2.43. The lowest BCUT2D eigenvalue weighted by molar-refractivity contribution is 0.0965. The number of carbonyl (C=O) groups is 1. The van der Waals surface area contributed by atoms with Gasteiger partial charge in [-0.15, -0.1) is 0 Å². The second-order valence-electron chi connectivity index (χ2n) is 3.15. The van der Waals surface area contributed by atoms with Crippen molar-refractivity contribution in [1.82, 2.24) is 5.32 Å². The molecule has 0 spiro atoms. The van der Waals surface area contributed by atoms with Crippen LogP contribution in [-0.2, 0) is 0 Å². The van der Waals surface area contributed by atoms with Crippen molar-refractivity contribution in [3.63, 3.8) is 0 Å². The second-order valence-corrected chi connectivity index (χ2v) is 3.15. The zero-order valence-corrected chi connectivity index (χ0v) is 8.48. The lowest BCUT2D eigenvalue weighted by Gasteiger charge is -2.10. The number of carbonyl (C=O) groups excluding carboxylic acids is 1. The largest absolute Gasteiger partial charge is 0.394 e. The predicted octanol–water partition coefficient (Wildman–Crippen LogP) is 0.300. The number of aliphatic hydroxyl groups is 2. The Labute approximate surface area is 91.9 Å². The van der Waals surface area contributed by atoms with E-state index in [1.165, 1.54) is 18.2 Å². The van der Waals surface area contributed by atoms with E-state index in [1.54, 1.807) is 6.07 Å². The molecular formula is C10H13FN2O3. The standard InChI is InChI=1S/C10H13FN2O3/c11-8-3-1-2-4-9(8)13-10(16)12-5-7(15)6-14/h1-4,7,14-15H,5-6H2,(H2,12,13,16)/t7-/m0/s1. The number of rotatable bonds is 4. The second kappa shape index (κ2) is 6.04. The van der Waals surface area contributed by atoms with Gasteiger partial charge in [-0.25, -0.2) is 9.18 Å². The maximum Gasteiger partial charge on any atom is 0.319 e. The van der Waals surface area contributed by atoms with Crippen molar-refractivity contribution in [3.05, 3.63) is 30.1 Å². The van der Waals surface area contributed by atoms with Crippen molar-refractivity contribution in [2.75, 3.05) is 18.5 Å². The Morgan fingerprint density at radius 3 is 2.75 bits per heavy atom. The topological polar surface area (TPSA) is 81.6 Å². The molecule has 0 aliphatic carbocycles. The molecule has 0 fully saturated rings. The normalized spacial score (nSPS) is 11.9. The van der Waals surface area contributed by atoms with Crippen molar-refractivity contribution in [2.24, 2.45) is 0 Å². The first-order chi connectivity index (χ1) is 7.63. The summed E-state index contributed by atoms with van der Waals surface area (Å²) in [4.78, 5) is 11.2. The summed E-state index contributed by atoms with van der Waals surface area (Å²) in [6.07, 6.45) is -1.02. The van der Waals surface area contributed by atoms with Crippen LogP contribution in [0.15, 0.2) is 24.3 Å². The van der Waals surface area contributed by atoms with Crippen LogP contribution < -0.4 is 10.6 Å². The molecule has 0 unspecified atom stereocenters. The van der Waals surface area contributed by atoms with Crippen molar-refractivity contribution in [3.8, 4) is 0 Å². The van der Waals surface area contributed by atoms with Crippen LogP contribution in [-0.4, -0.2) is 35.5 Å². The minimum absolute atomic E-state index is 0.0542. The number of anilines is 1. The van der Waals surface area contributed by atoms with Crippen molar-refractivity contribution >= 4 is 11.7 Å². The van der Waals surface area contributed by atoms with Gasteiger partial charge in [0, 0.05) is 6.54 Å². The molecular weight excluding hydrogens is 215 g/mol. The van der Waals surface area contributed by atoms with Crippen molar-refractivity contribution in [1.29, 1.82) is 0 Å². The summed E-state index contributed by atoms with van der Waals surface area (Å²) >= 11 is 0. The summed E-state index contributed by atoms with van der Waals surface area (Å²) < 4.78 is 13.1. The van der Waals surface area contributed by atoms with E-state index in [2.05, 4.69) is 10.6 Å². The number of halogens is 1. The molecule has 0 heterocycles. The maximum absolute atomic E-state index is 13.1. The van der Waals surface area contributed by atoms with E-state index >= 15 is 0 Å². The molecule has 0 aliphatic heterocycles. The number of amides is 2. The summed E-state index contributed by atoms with van der Waals surface area (Å²) in [6.45, 7) is -0.545. The Kier molecular flexibility index (Phi) is 4.68. The fourth-order valence-electron chi connectivity index (χ4n) is 1.00. The van der Waals surface area contributed by atoms with Gasteiger partial charge in [-0.2, -0.15) is 0 Å². The van der Waals surface area contributed by atoms with Crippen LogP contribution in [0, 0.1) is 5.82 Å². The highest BCUT2D eigenvalue weighted by Crippen LogP contribution is 2.11. The summed E-state index contributed by atoms with van der Waals surface area (Å²) in [5.74, 6) is -0.541. The van der Waals surface area contributed by atoms with Crippen molar-refractivity contribution in [2.45, 2.75) is 6.10 Å². The highest BCUT2D eigenvalue weighted by Gasteiger charge is 2.07. The Bertz CT molecular complexity index is 360. The third-order valence-corrected chi connectivity index (χ3v) is 1.83. The molecule has 0 bridgehead atoms. The van der Waals surface area contributed by atoms with Crippen LogP contribution in [0.2, 0.25) is 0 Å². The molecule has 0 aliphatic rings. The predicted molar refractivity (Wildman–Crippen MR) is 56.5 cm³/mol. The van der Waals surface area contributed by atoms with Gasteiger partial charge >= 0.3 is 6.03 Å². The summed E-state index contributed by atoms with van der Waals surface area (Å²) in [7, 11) is 0. The first-order valence-electron chi connectivity index (χ1n) is 4.71. The number of hydrogen-bond acceptors (Lipinski definition) is 3. The molecule has 0 radical (unpaired) electrons. The zero-order chi connectivity index (χ0) is 12.0. The number of benzene rings is 1. The smallest absolute Gasteiger partial charge is 0.319 e. The number of hydrogen-bond donors (Lipinski definition) is 4. The third-order valence-electron chi connectivity index (χ3n) is 1.83. The fraction of sp³-hybridized carbons (Fsp3) is 0.300. The molecule has 0 saturated heterocycles. The molecule has 16 heavy (non-hydrogen) atoms. The summed E-state index contributed by atoms with van der Waals surface area (Å²) in [5, 5.41) is 22.0. The molecule has 5 nitrogen and oxygen atoms in total. The van der Waals surface area contributed by atoms with Crippen LogP contribution in [0.25, 0.3) is 0 Å². The monoisotopic (exact) mass is 228 g/mol. The first-order valence-corrected chi connectivity index (χ1v) is 4.71. The van der Waals surface area contributed by atoms with Gasteiger partial charge in [0.15, 0.2) is 0 Å². The quantitative estimate of drug-likeness (QED) is 0.598. The SMILES string of the molecule is O=C(NC[C@H](O)CO)Nc1ccccc1F. The van der Waals surface area contributed by atoms with Gasteiger partial charge in [0.1, 0.15) is 5.82 Å². The van der Waals surface area contributed by atoms with Crippen LogP contribution in [0.1, 0.15) is 0 Å². The number of urea groups is 1.